The molecule has 28 heavy (non-hydrogen) atoms. The summed E-state index contributed by atoms with van der Waals surface area (Å²) in [4.78, 5) is 27.9. The number of halogens is 4. The molecule has 15 heteroatoms. The maximum absolute atomic E-state index is 12.6. The summed E-state index contributed by atoms with van der Waals surface area (Å²) >= 11 is 0. The van der Waals surface area contributed by atoms with Gasteiger partial charge in [0.15, 0.2) is 5.96 Å². The third kappa shape index (κ3) is 5.82. The molecule has 3 N–H and O–H groups in total. The van der Waals surface area contributed by atoms with Gasteiger partial charge >= 0.3 is 21.6 Å². The number of guanidine groups is 1. The predicted molar refractivity (Wildman–Crippen MR) is 105 cm³/mol. The number of hydrogen-bond acceptors (Lipinski definition) is 5. The van der Waals surface area contributed by atoms with E-state index in [1.807, 2.05) is 0 Å². The highest BCUT2D eigenvalue weighted by molar-refractivity contribution is 14.0. The number of piperidine rings is 1. The quantitative estimate of drug-likeness (QED) is 0.189. The molecule has 2 fully saturated rings. The second-order valence-corrected chi connectivity index (χ2v) is 7.90. The number of nitrogens with one attached hydrogen (secondary N) is 3. The van der Waals surface area contributed by atoms with Crippen molar-refractivity contribution in [3.63, 3.8) is 0 Å². The van der Waals surface area contributed by atoms with E-state index >= 15 is 0 Å². The van der Waals surface area contributed by atoms with Crippen LogP contribution in [-0.2, 0) is 14.8 Å². The largest absolute Gasteiger partial charge is 0.511 e. The van der Waals surface area contributed by atoms with E-state index in [0.29, 0.717) is 10.3 Å². The van der Waals surface area contributed by atoms with E-state index in [1.165, 1.54) is 7.05 Å². The van der Waals surface area contributed by atoms with E-state index in [0.717, 1.165) is 4.90 Å². The molecule has 0 aromatic carbocycles. The highest BCUT2D eigenvalue weighted by Crippen LogP contribution is 2.28. The zero-order valence-electron chi connectivity index (χ0n) is 15.0. The molecule has 0 unspecified atom stereocenters. The molecule has 2 aliphatic heterocycles. The van der Waals surface area contributed by atoms with Crippen molar-refractivity contribution in [2.75, 3.05) is 39.8 Å². The maximum Gasteiger partial charge on any atom is 0.511 e. The zero-order chi connectivity index (χ0) is 20.2. The summed E-state index contributed by atoms with van der Waals surface area (Å²) in [5.41, 5.74) is -5.30. The molecule has 10 nitrogen and oxygen atoms in total. The molecule has 0 saturated carbocycles. The van der Waals surface area contributed by atoms with Crippen molar-refractivity contribution in [1.29, 1.82) is 0 Å². The van der Waals surface area contributed by atoms with Crippen molar-refractivity contribution in [1.82, 2.24) is 25.2 Å². The Balaban J connectivity index is 0.00000392. The number of hydrogen-bond donors (Lipinski definition) is 3. The minimum atomic E-state index is -5.31. The van der Waals surface area contributed by atoms with E-state index in [9.17, 15) is 31.2 Å². The first-order valence-electron chi connectivity index (χ1n) is 8.18. The Morgan fingerprint density at radius 3 is 2.36 bits per heavy atom. The average molecular weight is 542 g/mol. The van der Waals surface area contributed by atoms with Gasteiger partial charge in [-0.2, -0.15) is 17.5 Å². The van der Waals surface area contributed by atoms with E-state index < -0.39 is 21.6 Å². The minimum absolute atomic E-state index is 0. The lowest BCUT2D eigenvalue weighted by Gasteiger charge is -2.32. The summed E-state index contributed by atoms with van der Waals surface area (Å²) in [5, 5.41) is 8.29. The highest BCUT2D eigenvalue weighted by atomic mass is 127. The highest BCUT2D eigenvalue weighted by Gasteiger charge is 2.50. The Bertz CT molecular complexity index is 694. The third-order valence-electron chi connectivity index (χ3n) is 4.22. The van der Waals surface area contributed by atoms with Gasteiger partial charge in [0, 0.05) is 39.3 Å². The summed E-state index contributed by atoms with van der Waals surface area (Å²) in [6.07, 6.45) is 0.367. The first-order chi connectivity index (χ1) is 12.6. The Morgan fingerprint density at radius 1 is 1.29 bits per heavy atom. The summed E-state index contributed by atoms with van der Waals surface area (Å²) in [7, 11) is -3.81. The summed E-state index contributed by atoms with van der Waals surface area (Å²) in [6.45, 7) is -0.170. The van der Waals surface area contributed by atoms with Crippen LogP contribution in [0.2, 0.25) is 0 Å². The number of aliphatic imine (C=N–C) groups is 1. The number of carbonyl (C=O) groups is 2. The van der Waals surface area contributed by atoms with Crippen LogP contribution >= 0.6 is 24.0 Å². The monoisotopic (exact) mass is 542 g/mol. The topological polar surface area (TPSA) is 123 Å². The number of alkyl halides is 3. The lowest BCUT2D eigenvalue weighted by atomic mass is 10.1. The van der Waals surface area contributed by atoms with Crippen molar-refractivity contribution in [2.45, 2.75) is 24.4 Å². The summed E-state index contributed by atoms with van der Waals surface area (Å²) < 4.78 is 60.9. The number of carbonyl (C=O) groups excluding carboxylic acids is 2. The van der Waals surface area contributed by atoms with Gasteiger partial charge in [0.1, 0.15) is 0 Å². The number of rotatable bonds is 5. The van der Waals surface area contributed by atoms with Crippen LogP contribution in [0.3, 0.4) is 0 Å². The van der Waals surface area contributed by atoms with Gasteiger partial charge in [0.05, 0.1) is 6.54 Å². The average Bonchev–Trinajstić information content (AvgIpc) is 2.92. The van der Waals surface area contributed by atoms with Crippen LogP contribution in [0.1, 0.15) is 12.8 Å². The molecule has 0 aliphatic carbocycles. The number of amides is 3. The minimum Gasteiger partial charge on any atom is -0.355 e. The lowest BCUT2D eigenvalue weighted by molar-refractivity contribution is -0.124. The van der Waals surface area contributed by atoms with Gasteiger partial charge in [-0.05, 0) is 12.8 Å². The molecule has 0 spiro atoms. The number of imide groups is 1. The van der Waals surface area contributed by atoms with E-state index in [1.54, 1.807) is 0 Å². The lowest BCUT2D eigenvalue weighted by Crippen LogP contribution is -2.52. The van der Waals surface area contributed by atoms with Crippen molar-refractivity contribution in [3.05, 3.63) is 0 Å². The summed E-state index contributed by atoms with van der Waals surface area (Å²) in [6, 6.07) is -0.726. The molecule has 2 aliphatic rings. The van der Waals surface area contributed by atoms with Gasteiger partial charge < -0.3 is 16.0 Å². The third-order valence-corrected chi connectivity index (χ3v) is 5.85. The second-order valence-electron chi connectivity index (χ2n) is 5.97. The first kappa shape index (κ1) is 24.7. The van der Waals surface area contributed by atoms with Crippen LogP contribution in [0.4, 0.5) is 18.0 Å². The predicted octanol–water partition coefficient (Wildman–Crippen LogP) is -0.365. The van der Waals surface area contributed by atoms with Crippen molar-refractivity contribution >= 4 is 51.9 Å². The molecule has 0 bridgehead atoms. The van der Waals surface area contributed by atoms with Crippen LogP contribution in [0, 0.1) is 0 Å². The zero-order valence-corrected chi connectivity index (χ0v) is 18.1. The second kappa shape index (κ2) is 9.91. The number of sulfonamides is 1. The van der Waals surface area contributed by atoms with Gasteiger partial charge in [-0.15, -0.1) is 24.0 Å². The number of nitrogens with zero attached hydrogens (tertiary/aromatic N) is 3. The van der Waals surface area contributed by atoms with Gasteiger partial charge in [0.2, 0.25) is 5.91 Å². The van der Waals surface area contributed by atoms with Gasteiger partial charge in [0.25, 0.3) is 0 Å². The Morgan fingerprint density at radius 2 is 1.89 bits per heavy atom. The molecule has 2 rings (SSSR count). The fourth-order valence-electron chi connectivity index (χ4n) is 2.74. The van der Waals surface area contributed by atoms with Gasteiger partial charge in [-0.25, -0.2) is 13.2 Å². The van der Waals surface area contributed by atoms with Gasteiger partial charge in [-0.3, -0.25) is 14.7 Å². The normalized spacial score (nSPS) is 20.0. The van der Waals surface area contributed by atoms with E-state index in [4.69, 9.17) is 0 Å². The molecule has 3 amide bonds. The smallest absolute Gasteiger partial charge is 0.355 e. The fraction of sp³-hybridized carbons (Fsp3) is 0.769. The standard InChI is InChI=1S/C13H21F3N6O4S.HI/c1-17-11(18-4-7-22-10(23)8-19-12(22)24)20-9-2-5-21(6-3-9)27(25,26)13(14,15)16;/h9H,2-8H2,1H3,(H,19,24)(H2,17,18,20);1H. The SMILES string of the molecule is CN=C(NCCN1C(=O)CNC1=O)NC1CCN(S(=O)(=O)C(F)(F)F)CC1.I. The number of urea groups is 1. The van der Waals surface area contributed by atoms with Crippen LogP contribution in [-0.4, -0.2) is 86.8 Å². The van der Waals surface area contributed by atoms with Crippen LogP contribution in [0.15, 0.2) is 4.99 Å². The van der Waals surface area contributed by atoms with Crippen LogP contribution < -0.4 is 16.0 Å². The van der Waals surface area contributed by atoms with E-state index in [2.05, 4.69) is 20.9 Å². The molecule has 2 heterocycles. The molecule has 0 aromatic heterocycles. The van der Waals surface area contributed by atoms with Crippen molar-refractivity contribution < 1.29 is 31.2 Å². The first-order valence-corrected chi connectivity index (χ1v) is 9.62. The molecule has 0 aromatic rings. The van der Waals surface area contributed by atoms with Crippen LogP contribution in [0.5, 0.6) is 0 Å². The Labute approximate surface area is 177 Å². The van der Waals surface area contributed by atoms with Gasteiger partial charge in [-0.1, -0.05) is 0 Å². The Kier molecular flexibility index (Phi) is 8.73. The molecular formula is C13H22F3IN6O4S. The van der Waals surface area contributed by atoms with Crippen LogP contribution in [0.25, 0.3) is 0 Å². The van der Waals surface area contributed by atoms with E-state index in [-0.39, 0.29) is 81.5 Å². The van der Waals surface area contributed by atoms with Crippen molar-refractivity contribution in [2.24, 2.45) is 4.99 Å². The molecular weight excluding hydrogens is 520 g/mol. The molecule has 0 atom stereocenters. The molecule has 2 saturated heterocycles. The molecule has 162 valence electrons. The summed E-state index contributed by atoms with van der Waals surface area (Å²) in [5.74, 6) is 0.0159. The fourth-order valence-corrected chi connectivity index (χ4v) is 3.73. The maximum atomic E-state index is 12.6. The van der Waals surface area contributed by atoms with Crippen molar-refractivity contribution in [3.8, 4) is 0 Å². The molecule has 0 radical (unpaired) electrons. The Hall–Kier alpha value is -1.36.